The van der Waals surface area contributed by atoms with Crippen LogP contribution in [0.5, 0.6) is 0 Å². The molecule has 100 valence electrons. The van der Waals surface area contributed by atoms with E-state index in [1.54, 1.807) is 19.2 Å². The summed E-state index contributed by atoms with van der Waals surface area (Å²) in [5.41, 5.74) is 1.27. The van der Waals surface area contributed by atoms with Crippen LogP contribution < -0.4 is 0 Å². The first-order valence-corrected chi connectivity index (χ1v) is 8.30. The van der Waals surface area contributed by atoms with Crippen LogP contribution >= 0.6 is 0 Å². The van der Waals surface area contributed by atoms with E-state index in [0.29, 0.717) is 0 Å². The predicted octanol–water partition coefficient (Wildman–Crippen LogP) is 4.77. The number of rotatable bonds is 0. The van der Waals surface area contributed by atoms with Gasteiger partial charge < -0.3 is 14.9 Å². The SMILES string of the molecule is CC1=[C-]CC=C1.[CH3-].[CH3-].[Si]=[Ti].c1ccc2[cH-]ccc2c1. The molecule has 0 aromatic heterocycles. The van der Waals surface area contributed by atoms with Crippen LogP contribution in [0.4, 0.5) is 0 Å². The third-order valence-electron chi connectivity index (χ3n) is 2.41. The fraction of sp³-hybridized carbons (Fsp3) is 0.118. The van der Waals surface area contributed by atoms with Crippen LogP contribution in [0.3, 0.4) is 0 Å². The van der Waals surface area contributed by atoms with E-state index in [4.69, 9.17) is 0 Å². The summed E-state index contributed by atoms with van der Waals surface area (Å²) in [5.74, 6) is 0. The monoisotopic (exact) mass is 300 g/mol. The zero-order valence-corrected chi connectivity index (χ0v) is 14.5. The van der Waals surface area contributed by atoms with Gasteiger partial charge >= 0.3 is 26.8 Å². The summed E-state index contributed by atoms with van der Waals surface area (Å²) in [6, 6.07) is 14.7. The minimum Gasteiger partial charge on any atom is -0.168 e. The summed E-state index contributed by atoms with van der Waals surface area (Å²) < 4.78 is 0. The van der Waals surface area contributed by atoms with E-state index in [-0.39, 0.29) is 14.9 Å². The smallest absolute Gasteiger partial charge is 0.0809 e. The van der Waals surface area contributed by atoms with Crippen molar-refractivity contribution < 1.29 is 19.2 Å². The minimum absolute atomic E-state index is 0. The van der Waals surface area contributed by atoms with Gasteiger partial charge in [0.05, 0.1) is 0 Å². The molecule has 1 aliphatic rings. The second-order valence-electron chi connectivity index (χ2n) is 3.62. The molecule has 0 unspecified atom stereocenters. The fourth-order valence-corrected chi connectivity index (χ4v) is 1.58. The Morgan fingerprint density at radius 3 is 2.32 bits per heavy atom. The molecule has 0 amide bonds. The van der Waals surface area contributed by atoms with Crippen molar-refractivity contribution in [2.45, 2.75) is 13.3 Å². The number of hydrogen-bond donors (Lipinski definition) is 0. The van der Waals surface area contributed by atoms with E-state index in [2.05, 4.69) is 75.2 Å². The third kappa shape index (κ3) is 7.41. The van der Waals surface area contributed by atoms with Gasteiger partial charge in [-0.2, -0.15) is 23.6 Å². The van der Waals surface area contributed by atoms with Crippen molar-refractivity contribution in [3.8, 4) is 0 Å². The molecule has 0 N–H and O–H groups in total. The molecular formula is C17H20SiTi-4. The molecule has 2 aromatic carbocycles. The first kappa shape index (κ1) is 20.6. The van der Waals surface area contributed by atoms with E-state index in [0.717, 1.165) is 6.42 Å². The summed E-state index contributed by atoms with van der Waals surface area (Å²) >= 11 is 1.81. The summed E-state index contributed by atoms with van der Waals surface area (Å²) in [6.45, 7) is 2.06. The molecule has 0 saturated carbocycles. The molecule has 0 fully saturated rings. The molecule has 0 atom stereocenters. The molecular weight excluding hydrogens is 280 g/mol. The molecule has 0 nitrogen and oxygen atoms in total. The van der Waals surface area contributed by atoms with E-state index < -0.39 is 0 Å². The van der Waals surface area contributed by atoms with Crippen LogP contribution in [0, 0.1) is 20.9 Å². The van der Waals surface area contributed by atoms with Gasteiger partial charge in [0.25, 0.3) is 0 Å². The second-order valence-corrected chi connectivity index (χ2v) is 3.62. The Morgan fingerprint density at radius 2 is 1.84 bits per heavy atom. The number of fused-ring (bicyclic) bond motifs is 1. The average Bonchev–Trinajstić information content (AvgIpc) is 3.02. The van der Waals surface area contributed by atoms with Crippen molar-refractivity contribution in [2.24, 2.45) is 0 Å². The average molecular weight is 300 g/mol. The molecule has 3 rings (SSSR count). The Balaban J connectivity index is 0. The molecule has 1 aliphatic carbocycles. The van der Waals surface area contributed by atoms with Crippen LogP contribution in [0.2, 0.25) is 0 Å². The molecule has 2 aromatic rings. The van der Waals surface area contributed by atoms with Crippen molar-refractivity contribution in [1.29, 1.82) is 0 Å². The van der Waals surface area contributed by atoms with Gasteiger partial charge in [0, 0.05) is 0 Å². The molecule has 0 aliphatic heterocycles. The Bertz CT molecular complexity index is 476. The van der Waals surface area contributed by atoms with Gasteiger partial charge in [-0.15, -0.1) is 36.1 Å². The van der Waals surface area contributed by atoms with Gasteiger partial charge in [-0.3, -0.25) is 6.08 Å². The van der Waals surface area contributed by atoms with E-state index >= 15 is 0 Å². The van der Waals surface area contributed by atoms with Gasteiger partial charge in [0.1, 0.15) is 0 Å². The van der Waals surface area contributed by atoms with E-state index in [1.807, 2.05) is 0 Å². The van der Waals surface area contributed by atoms with Crippen molar-refractivity contribution in [3.05, 3.63) is 81.1 Å². The van der Waals surface area contributed by atoms with E-state index in [1.165, 1.54) is 16.3 Å². The van der Waals surface area contributed by atoms with Crippen molar-refractivity contribution >= 4 is 18.4 Å². The molecule has 0 bridgehead atoms. The second kappa shape index (κ2) is 12.3. The van der Waals surface area contributed by atoms with Gasteiger partial charge in [-0.05, 0) is 0 Å². The quantitative estimate of drug-likeness (QED) is 0.485. The maximum Gasteiger partial charge on any atom is -0.0809 e. The third-order valence-corrected chi connectivity index (χ3v) is 2.41. The molecule has 2 radical (unpaired) electrons. The summed E-state index contributed by atoms with van der Waals surface area (Å²) in [5, 5.41) is 2.66. The molecule has 0 spiro atoms. The van der Waals surface area contributed by atoms with E-state index in [9.17, 15) is 0 Å². The van der Waals surface area contributed by atoms with Crippen LogP contribution in [-0.4, -0.2) is 7.63 Å². The Morgan fingerprint density at radius 1 is 1.16 bits per heavy atom. The van der Waals surface area contributed by atoms with Crippen LogP contribution in [0.1, 0.15) is 13.3 Å². The maximum absolute atomic E-state index is 3.12. The summed E-state index contributed by atoms with van der Waals surface area (Å²) in [7, 11) is 2.97. The first-order valence-electron chi connectivity index (χ1n) is 5.46. The van der Waals surface area contributed by atoms with Gasteiger partial charge in [0.2, 0.25) is 0 Å². The first-order chi connectivity index (χ1) is 8.36. The summed E-state index contributed by atoms with van der Waals surface area (Å²) in [6.07, 6.45) is 8.33. The topological polar surface area (TPSA) is 0 Å². The van der Waals surface area contributed by atoms with Crippen LogP contribution in [0.15, 0.2) is 60.2 Å². The van der Waals surface area contributed by atoms with Crippen molar-refractivity contribution in [1.82, 2.24) is 0 Å². The molecule has 2 heteroatoms. The molecule has 0 saturated heterocycles. The fourth-order valence-electron chi connectivity index (χ4n) is 1.58. The van der Waals surface area contributed by atoms with Gasteiger partial charge in [-0.1, -0.05) is 13.0 Å². The van der Waals surface area contributed by atoms with Gasteiger partial charge in [-0.25, -0.2) is 11.6 Å². The molecule has 0 heterocycles. The maximum atomic E-state index is 3.12. The van der Waals surface area contributed by atoms with Crippen molar-refractivity contribution in [2.75, 3.05) is 0 Å². The largest absolute Gasteiger partial charge is 0.168 e. The standard InChI is InChI=1S/C9H7.C6H7.2CH3.Si.Ti/c1-2-5-9-7-3-6-8(9)4-1;1-6-4-2-3-5-6;;;;/h1-7H;2,4H,3H2,1H3;2*1H3;;/q4*-1;;. The Hall–Kier alpha value is -0.759. The predicted molar refractivity (Wildman–Crippen MR) is 84.3 cm³/mol. The normalized spacial score (nSPS) is 10.8. The zero-order chi connectivity index (χ0) is 12.5. The summed E-state index contributed by atoms with van der Waals surface area (Å²) in [4.78, 5) is 0. The Labute approximate surface area is 132 Å². The minimum atomic E-state index is 0. The van der Waals surface area contributed by atoms with Crippen molar-refractivity contribution in [3.63, 3.8) is 0 Å². The number of benzene rings is 1. The number of allylic oxidation sites excluding steroid dienone is 4. The molecule has 19 heavy (non-hydrogen) atoms. The zero-order valence-electron chi connectivity index (χ0n) is 11.9. The number of hydrogen-bond acceptors (Lipinski definition) is 0. The Kier molecular flexibility index (Phi) is 13.3. The van der Waals surface area contributed by atoms with Crippen LogP contribution in [0.25, 0.3) is 10.8 Å². The van der Waals surface area contributed by atoms with Crippen LogP contribution in [-0.2, 0) is 19.2 Å². The van der Waals surface area contributed by atoms with Gasteiger partial charge in [0.15, 0.2) is 0 Å².